The minimum atomic E-state index is 0.116. The first-order chi connectivity index (χ1) is 9.38. The smallest absolute Gasteiger partial charge is 0.233 e. The molecule has 0 spiro atoms. The minimum Gasteiger partial charge on any atom is -0.368 e. The average Bonchev–Trinajstić information content (AvgIpc) is 2.39. The lowest BCUT2D eigenvalue weighted by Crippen LogP contribution is -2.15. The summed E-state index contributed by atoms with van der Waals surface area (Å²) in [6, 6.07) is 3.53. The summed E-state index contributed by atoms with van der Waals surface area (Å²) in [7, 11) is 3.62. The van der Waals surface area contributed by atoms with Crippen molar-refractivity contribution in [3.8, 4) is 0 Å². The zero-order valence-electron chi connectivity index (χ0n) is 10.7. The molecule has 0 bridgehead atoms. The molecule has 0 amide bonds. The summed E-state index contributed by atoms with van der Waals surface area (Å²) in [6.45, 7) is 0. The van der Waals surface area contributed by atoms with Crippen molar-refractivity contribution in [3.05, 3.63) is 26.7 Å². The number of nitrogens with zero attached hydrogens (tertiary/aromatic N) is 4. The van der Waals surface area contributed by atoms with Crippen molar-refractivity contribution in [2.45, 2.75) is 0 Å². The van der Waals surface area contributed by atoms with Crippen LogP contribution >= 0.6 is 39.1 Å². The predicted molar refractivity (Wildman–Crippen MR) is 86.0 cm³/mol. The molecule has 0 saturated carbocycles. The van der Waals surface area contributed by atoms with Gasteiger partial charge in [0.05, 0.1) is 15.7 Å². The second-order valence-electron chi connectivity index (χ2n) is 4.06. The molecule has 0 unspecified atom stereocenters. The van der Waals surface area contributed by atoms with Gasteiger partial charge in [0, 0.05) is 18.6 Å². The highest BCUT2D eigenvalue weighted by atomic mass is 79.9. The Morgan fingerprint density at radius 3 is 2.50 bits per heavy atom. The number of nitrogen functional groups attached to an aromatic ring is 1. The van der Waals surface area contributed by atoms with Crippen LogP contribution in [0.1, 0.15) is 0 Å². The second-order valence-corrected chi connectivity index (χ2v) is 5.67. The van der Waals surface area contributed by atoms with Crippen molar-refractivity contribution in [1.29, 1.82) is 0 Å². The van der Waals surface area contributed by atoms with Crippen molar-refractivity contribution < 1.29 is 0 Å². The molecular weight excluding hydrogens is 367 g/mol. The molecule has 0 aliphatic rings. The van der Waals surface area contributed by atoms with E-state index in [-0.39, 0.29) is 5.95 Å². The number of hydrogen-bond acceptors (Lipinski definition) is 6. The van der Waals surface area contributed by atoms with Gasteiger partial charge in [0.25, 0.3) is 0 Å². The highest BCUT2D eigenvalue weighted by molar-refractivity contribution is 9.10. The van der Waals surface area contributed by atoms with Crippen LogP contribution in [0.5, 0.6) is 0 Å². The molecule has 1 heterocycles. The Bertz CT molecular complexity index is 649. The van der Waals surface area contributed by atoms with Crippen LogP contribution in [-0.2, 0) is 0 Å². The van der Waals surface area contributed by atoms with E-state index in [1.807, 2.05) is 14.1 Å². The van der Waals surface area contributed by atoms with E-state index < -0.39 is 0 Å². The van der Waals surface area contributed by atoms with Crippen LogP contribution in [0.2, 0.25) is 10.0 Å². The Balaban J connectivity index is 2.37. The summed E-state index contributed by atoms with van der Waals surface area (Å²) >= 11 is 15.5. The lowest BCUT2D eigenvalue weighted by molar-refractivity contribution is 0.969. The number of hydrogen-bond donors (Lipinski definition) is 2. The molecule has 6 nitrogen and oxygen atoms in total. The Kier molecular flexibility index (Phi) is 4.52. The highest BCUT2D eigenvalue weighted by Crippen LogP contribution is 2.36. The van der Waals surface area contributed by atoms with E-state index in [9.17, 15) is 0 Å². The van der Waals surface area contributed by atoms with Crippen LogP contribution in [0.4, 0.5) is 23.5 Å². The third-order valence-electron chi connectivity index (χ3n) is 2.32. The molecule has 0 atom stereocenters. The van der Waals surface area contributed by atoms with Crippen LogP contribution in [0.25, 0.3) is 0 Å². The maximum atomic E-state index is 6.15. The lowest BCUT2D eigenvalue weighted by atomic mass is 10.3. The van der Waals surface area contributed by atoms with Crippen molar-refractivity contribution >= 4 is 62.7 Å². The van der Waals surface area contributed by atoms with E-state index >= 15 is 0 Å². The summed E-state index contributed by atoms with van der Waals surface area (Å²) in [5.74, 6) is 0.853. The first-order valence-electron chi connectivity index (χ1n) is 5.48. The zero-order valence-corrected chi connectivity index (χ0v) is 13.8. The molecule has 3 N–H and O–H groups in total. The molecule has 0 fully saturated rings. The molecule has 0 aliphatic carbocycles. The van der Waals surface area contributed by atoms with E-state index in [0.29, 0.717) is 32.1 Å². The number of rotatable bonds is 3. The first-order valence-corrected chi connectivity index (χ1v) is 7.02. The molecule has 9 heteroatoms. The van der Waals surface area contributed by atoms with E-state index in [0.717, 1.165) is 0 Å². The average molecular weight is 378 g/mol. The molecule has 20 heavy (non-hydrogen) atoms. The standard InChI is InChI=1S/C11H11BrCl2N6/c1-20(2)11-18-9(15)17-10(19-11)16-6-4-3-5(12)7(13)8(6)14/h3-4H,1-2H3,(H3,15,16,17,18,19). The van der Waals surface area contributed by atoms with Crippen molar-refractivity contribution in [2.24, 2.45) is 0 Å². The monoisotopic (exact) mass is 376 g/mol. The summed E-state index contributed by atoms with van der Waals surface area (Å²) in [5, 5.41) is 3.75. The highest BCUT2D eigenvalue weighted by Gasteiger charge is 2.11. The van der Waals surface area contributed by atoms with E-state index in [1.54, 1.807) is 17.0 Å². The summed E-state index contributed by atoms with van der Waals surface area (Å²) in [4.78, 5) is 14.0. The summed E-state index contributed by atoms with van der Waals surface area (Å²) < 4.78 is 0.707. The van der Waals surface area contributed by atoms with Crippen LogP contribution in [0, 0.1) is 0 Å². The fourth-order valence-electron chi connectivity index (χ4n) is 1.38. The maximum Gasteiger partial charge on any atom is 0.233 e. The third kappa shape index (κ3) is 3.23. The molecule has 0 saturated heterocycles. The number of nitrogens with one attached hydrogen (secondary N) is 1. The Hall–Kier alpha value is -1.31. The molecule has 2 rings (SSSR count). The second kappa shape index (κ2) is 5.99. The van der Waals surface area contributed by atoms with Gasteiger partial charge in [0.1, 0.15) is 0 Å². The fraction of sp³-hybridized carbons (Fsp3) is 0.182. The molecule has 2 aromatic rings. The SMILES string of the molecule is CN(C)c1nc(N)nc(Nc2ccc(Br)c(Cl)c2Cl)n1. The van der Waals surface area contributed by atoms with Gasteiger partial charge in [-0.05, 0) is 28.1 Å². The summed E-state index contributed by atoms with van der Waals surface area (Å²) in [5.41, 5.74) is 6.23. The predicted octanol–water partition coefficient (Wildman–Crippen LogP) is 3.33. The van der Waals surface area contributed by atoms with Gasteiger partial charge in [0.2, 0.25) is 17.8 Å². The van der Waals surface area contributed by atoms with Crippen LogP contribution in [0.15, 0.2) is 16.6 Å². The van der Waals surface area contributed by atoms with Gasteiger partial charge in [0.15, 0.2) is 0 Å². The number of nitrogens with two attached hydrogens (primary N) is 1. The van der Waals surface area contributed by atoms with Gasteiger partial charge in [-0.1, -0.05) is 23.2 Å². The van der Waals surface area contributed by atoms with Gasteiger partial charge in [-0.15, -0.1) is 0 Å². The first kappa shape index (κ1) is 15.1. The van der Waals surface area contributed by atoms with Crippen LogP contribution in [0.3, 0.4) is 0 Å². The Morgan fingerprint density at radius 2 is 1.85 bits per heavy atom. The van der Waals surface area contributed by atoms with Crippen LogP contribution < -0.4 is 16.0 Å². The molecule has 106 valence electrons. The van der Waals surface area contributed by atoms with Crippen molar-refractivity contribution in [3.63, 3.8) is 0 Å². The third-order valence-corrected chi connectivity index (χ3v) is 4.09. The van der Waals surface area contributed by atoms with Gasteiger partial charge in [-0.2, -0.15) is 15.0 Å². The Morgan fingerprint density at radius 1 is 1.15 bits per heavy atom. The quantitative estimate of drug-likeness (QED) is 0.798. The van der Waals surface area contributed by atoms with Gasteiger partial charge in [-0.25, -0.2) is 0 Å². The molecule has 1 aromatic heterocycles. The topological polar surface area (TPSA) is 80.0 Å². The van der Waals surface area contributed by atoms with Gasteiger partial charge in [-0.3, -0.25) is 0 Å². The van der Waals surface area contributed by atoms with Crippen molar-refractivity contribution in [1.82, 2.24) is 15.0 Å². The lowest BCUT2D eigenvalue weighted by Gasteiger charge is -2.13. The molecule has 0 radical (unpaired) electrons. The number of anilines is 4. The van der Waals surface area contributed by atoms with Gasteiger partial charge < -0.3 is 16.0 Å². The molecular formula is C11H11BrCl2N6. The van der Waals surface area contributed by atoms with Crippen molar-refractivity contribution in [2.75, 3.05) is 30.0 Å². The Labute approximate surface area is 134 Å². The molecule has 1 aromatic carbocycles. The zero-order chi connectivity index (χ0) is 14.9. The van der Waals surface area contributed by atoms with E-state index in [4.69, 9.17) is 28.9 Å². The molecule has 0 aliphatic heterocycles. The normalized spacial score (nSPS) is 10.4. The minimum absolute atomic E-state index is 0.116. The van der Waals surface area contributed by atoms with Crippen LogP contribution in [-0.4, -0.2) is 29.0 Å². The number of benzene rings is 1. The number of halogens is 3. The number of aromatic nitrogens is 3. The largest absolute Gasteiger partial charge is 0.368 e. The fourth-order valence-corrected chi connectivity index (χ4v) is 2.20. The maximum absolute atomic E-state index is 6.15. The van der Waals surface area contributed by atoms with E-state index in [2.05, 4.69) is 36.2 Å². The summed E-state index contributed by atoms with van der Waals surface area (Å²) in [6.07, 6.45) is 0. The van der Waals surface area contributed by atoms with Gasteiger partial charge >= 0.3 is 0 Å². The van der Waals surface area contributed by atoms with E-state index in [1.165, 1.54) is 0 Å².